The second-order valence-corrected chi connectivity index (χ2v) is 4.77. The molecule has 0 unspecified atom stereocenters. The molecule has 82 valence electrons. The summed E-state index contributed by atoms with van der Waals surface area (Å²) in [6, 6.07) is 4.64. The molecule has 0 spiro atoms. The number of hydrogen-bond acceptors (Lipinski definition) is 3. The predicted octanol–water partition coefficient (Wildman–Crippen LogP) is 2.00. The summed E-state index contributed by atoms with van der Waals surface area (Å²) in [5, 5.41) is 11.4. The first-order chi connectivity index (χ1) is 7.25. The van der Waals surface area contributed by atoms with E-state index in [0.717, 1.165) is 24.1 Å². The molecule has 1 saturated carbocycles. The number of rotatable bonds is 4. The molecule has 2 rings (SSSR count). The van der Waals surface area contributed by atoms with Crippen molar-refractivity contribution in [3.63, 3.8) is 0 Å². The molecule has 0 aromatic carbocycles. The Morgan fingerprint density at radius 1 is 1.47 bits per heavy atom. The Morgan fingerprint density at radius 3 is 2.87 bits per heavy atom. The molecule has 0 aliphatic heterocycles. The molecule has 0 radical (unpaired) electrons. The van der Waals surface area contributed by atoms with Gasteiger partial charge in [0.1, 0.15) is 0 Å². The highest BCUT2D eigenvalue weighted by Crippen LogP contribution is 2.33. The molecule has 0 amide bonds. The van der Waals surface area contributed by atoms with E-state index in [2.05, 4.69) is 29.4 Å². The quantitative estimate of drug-likeness (QED) is 0.817. The maximum Gasteiger partial charge on any atom is 0.0769 e. The van der Waals surface area contributed by atoms with Crippen LogP contribution in [0.25, 0.3) is 0 Å². The van der Waals surface area contributed by atoms with Crippen molar-refractivity contribution in [1.82, 2.24) is 15.5 Å². The standard InChI is InChI=1S/C12H19N3/c1-9(2)10-6-12(7-10)13-8-11-4-3-5-14-15-11/h3-5,9-10,12-13H,6-8H2,1-2H3. The third-order valence-electron chi connectivity index (χ3n) is 3.32. The van der Waals surface area contributed by atoms with E-state index in [1.54, 1.807) is 6.20 Å². The van der Waals surface area contributed by atoms with E-state index >= 15 is 0 Å². The number of nitrogens with zero attached hydrogens (tertiary/aromatic N) is 2. The molecule has 15 heavy (non-hydrogen) atoms. The summed E-state index contributed by atoms with van der Waals surface area (Å²) in [6.07, 6.45) is 4.34. The minimum atomic E-state index is 0.694. The van der Waals surface area contributed by atoms with Crippen molar-refractivity contribution in [2.75, 3.05) is 0 Å². The molecular weight excluding hydrogens is 186 g/mol. The van der Waals surface area contributed by atoms with Crippen LogP contribution in [0.1, 0.15) is 32.4 Å². The average Bonchev–Trinajstić information content (AvgIpc) is 2.16. The lowest BCUT2D eigenvalue weighted by atomic mass is 9.74. The minimum Gasteiger partial charge on any atom is -0.308 e. The SMILES string of the molecule is CC(C)C1CC(NCc2cccnn2)C1. The lowest BCUT2D eigenvalue weighted by Gasteiger charge is -2.38. The van der Waals surface area contributed by atoms with E-state index in [1.165, 1.54) is 12.8 Å². The van der Waals surface area contributed by atoms with Crippen LogP contribution < -0.4 is 5.32 Å². The molecule has 3 nitrogen and oxygen atoms in total. The predicted molar refractivity (Wildman–Crippen MR) is 60.2 cm³/mol. The monoisotopic (exact) mass is 205 g/mol. The van der Waals surface area contributed by atoms with Gasteiger partial charge in [0.15, 0.2) is 0 Å². The average molecular weight is 205 g/mol. The van der Waals surface area contributed by atoms with E-state index in [0.29, 0.717) is 6.04 Å². The second-order valence-electron chi connectivity index (χ2n) is 4.77. The molecule has 1 aliphatic rings. The Labute approximate surface area is 91.3 Å². The van der Waals surface area contributed by atoms with Crippen molar-refractivity contribution in [3.05, 3.63) is 24.0 Å². The molecule has 0 atom stereocenters. The van der Waals surface area contributed by atoms with Gasteiger partial charge in [-0.25, -0.2) is 0 Å². The van der Waals surface area contributed by atoms with E-state index in [4.69, 9.17) is 0 Å². The Hall–Kier alpha value is -0.960. The van der Waals surface area contributed by atoms with Crippen LogP contribution in [0.4, 0.5) is 0 Å². The summed E-state index contributed by atoms with van der Waals surface area (Å²) in [5.74, 6) is 1.75. The summed E-state index contributed by atoms with van der Waals surface area (Å²) in [6.45, 7) is 5.47. The van der Waals surface area contributed by atoms with Crippen molar-refractivity contribution >= 4 is 0 Å². The number of hydrogen-bond donors (Lipinski definition) is 1. The Bertz CT molecular complexity index is 291. The Morgan fingerprint density at radius 2 is 2.27 bits per heavy atom. The summed E-state index contributed by atoms with van der Waals surface area (Å²) < 4.78 is 0. The molecule has 1 heterocycles. The zero-order chi connectivity index (χ0) is 10.7. The van der Waals surface area contributed by atoms with Gasteiger partial charge in [-0.1, -0.05) is 13.8 Å². The largest absolute Gasteiger partial charge is 0.308 e. The lowest BCUT2D eigenvalue weighted by Crippen LogP contribution is -2.42. The van der Waals surface area contributed by atoms with E-state index in [9.17, 15) is 0 Å². The van der Waals surface area contributed by atoms with Gasteiger partial charge in [0, 0.05) is 18.8 Å². The third kappa shape index (κ3) is 2.75. The molecule has 1 aromatic heterocycles. The highest BCUT2D eigenvalue weighted by molar-refractivity contribution is 4.99. The van der Waals surface area contributed by atoms with Crippen LogP contribution in [-0.4, -0.2) is 16.2 Å². The summed E-state index contributed by atoms with van der Waals surface area (Å²) in [5.41, 5.74) is 1.03. The highest BCUT2D eigenvalue weighted by Gasteiger charge is 2.30. The van der Waals surface area contributed by atoms with Crippen LogP contribution >= 0.6 is 0 Å². The Balaban J connectivity index is 1.69. The topological polar surface area (TPSA) is 37.8 Å². The Kier molecular flexibility index (Phi) is 3.31. The maximum absolute atomic E-state index is 4.05. The molecule has 0 saturated heterocycles. The van der Waals surface area contributed by atoms with Crippen molar-refractivity contribution < 1.29 is 0 Å². The molecule has 1 N–H and O–H groups in total. The van der Waals surface area contributed by atoms with Crippen molar-refractivity contribution in [3.8, 4) is 0 Å². The van der Waals surface area contributed by atoms with Crippen molar-refractivity contribution in [2.24, 2.45) is 11.8 Å². The fourth-order valence-corrected chi connectivity index (χ4v) is 2.05. The molecule has 3 heteroatoms. The molecule has 1 aliphatic carbocycles. The van der Waals surface area contributed by atoms with Gasteiger partial charge in [-0.2, -0.15) is 10.2 Å². The van der Waals surface area contributed by atoms with Crippen molar-refractivity contribution in [1.29, 1.82) is 0 Å². The smallest absolute Gasteiger partial charge is 0.0769 e. The van der Waals surface area contributed by atoms with Crippen LogP contribution in [0.15, 0.2) is 18.3 Å². The number of nitrogens with one attached hydrogen (secondary N) is 1. The number of aromatic nitrogens is 2. The second kappa shape index (κ2) is 4.71. The molecule has 1 aromatic rings. The highest BCUT2D eigenvalue weighted by atomic mass is 15.1. The lowest BCUT2D eigenvalue weighted by molar-refractivity contribution is 0.167. The summed E-state index contributed by atoms with van der Waals surface area (Å²) in [7, 11) is 0. The van der Waals surface area contributed by atoms with Gasteiger partial charge in [-0.15, -0.1) is 0 Å². The fraction of sp³-hybridized carbons (Fsp3) is 0.667. The van der Waals surface area contributed by atoms with Gasteiger partial charge in [-0.3, -0.25) is 0 Å². The first kappa shape index (κ1) is 10.6. The fourth-order valence-electron chi connectivity index (χ4n) is 2.05. The van der Waals surface area contributed by atoms with Gasteiger partial charge in [-0.05, 0) is 36.8 Å². The maximum atomic E-state index is 4.05. The van der Waals surface area contributed by atoms with Crippen LogP contribution in [0, 0.1) is 11.8 Å². The summed E-state index contributed by atoms with van der Waals surface area (Å²) >= 11 is 0. The molecular formula is C12H19N3. The van der Waals surface area contributed by atoms with Gasteiger partial charge in [0.05, 0.1) is 5.69 Å². The zero-order valence-corrected chi connectivity index (χ0v) is 9.48. The van der Waals surface area contributed by atoms with Crippen molar-refractivity contribution in [2.45, 2.75) is 39.3 Å². The molecule has 0 bridgehead atoms. The summed E-state index contributed by atoms with van der Waals surface area (Å²) in [4.78, 5) is 0. The van der Waals surface area contributed by atoms with Crippen LogP contribution in [0.2, 0.25) is 0 Å². The first-order valence-corrected chi connectivity index (χ1v) is 5.75. The normalized spacial score (nSPS) is 25.3. The van der Waals surface area contributed by atoms with E-state index < -0.39 is 0 Å². The van der Waals surface area contributed by atoms with Gasteiger partial charge in [0.25, 0.3) is 0 Å². The van der Waals surface area contributed by atoms with Crippen LogP contribution in [-0.2, 0) is 6.54 Å². The van der Waals surface area contributed by atoms with E-state index in [-0.39, 0.29) is 0 Å². The first-order valence-electron chi connectivity index (χ1n) is 5.75. The van der Waals surface area contributed by atoms with Gasteiger partial charge >= 0.3 is 0 Å². The van der Waals surface area contributed by atoms with Gasteiger partial charge < -0.3 is 5.32 Å². The third-order valence-corrected chi connectivity index (χ3v) is 3.32. The van der Waals surface area contributed by atoms with Crippen LogP contribution in [0.3, 0.4) is 0 Å². The zero-order valence-electron chi connectivity index (χ0n) is 9.48. The van der Waals surface area contributed by atoms with Crippen LogP contribution in [0.5, 0.6) is 0 Å². The van der Waals surface area contributed by atoms with E-state index in [1.807, 2.05) is 12.1 Å². The molecule has 1 fully saturated rings. The minimum absolute atomic E-state index is 0.694. The van der Waals surface area contributed by atoms with Gasteiger partial charge in [0.2, 0.25) is 0 Å².